The minimum atomic E-state index is -0.0673. The molecule has 256 valence electrons. The number of esters is 2. The van der Waals surface area contributed by atoms with Gasteiger partial charge >= 0.3 is 11.9 Å². The summed E-state index contributed by atoms with van der Waals surface area (Å²) < 4.78 is 11.2. The molecule has 0 radical (unpaired) electrons. The normalized spacial score (nSPS) is 12.1. The SMILES string of the molecule is CCCCCCCCC(CCCCCCC)OC(=O)CCCCCCCN(CCO)CCCCCC(=O)OCCCCC. The molecule has 1 atom stereocenters. The van der Waals surface area contributed by atoms with Crippen molar-refractivity contribution >= 4 is 11.9 Å². The second-order valence-corrected chi connectivity index (χ2v) is 12.7. The van der Waals surface area contributed by atoms with Gasteiger partial charge in [0.15, 0.2) is 0 Å². The number of nitrogens with zero attached hydrogens (tertiary/aromatic N) is 1. The highest BCUT2D eigenvalue weighted by Gasteiger charge is 2.14. The molecule has 0 saturated carbocycles. The molecule has 0 aromatic heterocycles. The number of rotatable bonds is 34. The van der Waals surface area contributed by atoms with Crippen LogP contribution in [0.15, 0.2) is 0 Å². The van der Waals surface area contributed by atoms with Gasteiger partial charge in [-0.15, -0.1) is 0 Å². The summed E-state index contributed by atoms with van der Waals surface area (Å²) in [7, 11) is 0. The van der Waals surface area contributed by atoms with E-state index in [-0.39, 0.29) is 24.6 Å². The van der Waals surface area contributed by atoms with Gasteiger partial charge in [0, 0.05) is 19.4 Å². The molecule has 0 aliphatic rings. The number of hydrogen-bond acceptors (Lipinski definition) is 6. The fourth-order valence-electron chi connectivity index (χ4n) is 5.64. The first-order valence-corrected chi connectivity index (χ1v) is 18.8. The van der Waals surface area contributed by atoms with Gasteiger partial charge in [0.1, 0.15) is 6.10 Å². The third kappa shape index (κ3) is 30.7. The lowest BCUT2D eigenvalue weighted by Crippen LogP contribution is -2.29. The molecule has 0 aliphatic heterocycles. The van der Waals surface area contributed by atoms with Crippen molar-refractivity contribution in [3.05, 3.63) is 0 Å². The van der Waals surface area contributed by atoms with Crippen LogP contribution in [-0.2, 0) is 19.1 Å². The van der Waals surface area contributed by atoms with Crippen LogP contribution in [0.2, 0.25) is 0 Å². The Morgan fingerprint density at radius 1 is 0.535 bits per heavy atom. The summed E-state index contributed by atoms with van der Waals surface area (Å²) in [6, 6.07) is 0. The summed E-state index contributed by atoms with van der Waals surface area (Å²) in [5.74, 6) is -0.0641. The summed E-state index contributed by atoms with van der Waals surface area (Å²) in [4.78, 5) is 26.7. The Hall–Kier alpha value is -1.14. The van der Waals surface area contributed by atoms with Crippen molar-refractivity contribution < 1.29 is 24.2 Å². The van der Waals surface area contributed by atoms with Crippen molar-refractivity contribution in [1.29, 1.82) is 0 Å². The van der Waals surface area contributed by atoms with Gasteiger partial charge in [-0.3, -0.25) is 9.59 Å². The topological polar surface area (TPSA) is 76.1 Å². The Balaban J connectivity index is 4.02. The number of aliphatic hydroxyl groups excluding tert-OH is 1. The Kier molecular flexibility index (Phi) is 32.9. The van der Waals surface area contributed by atoms with Crippen LogP contribution >= 0.6 is 0 Å². The van der Waals surface area contributed by atoms with Crippen LogP contribution in [-0.4, -0.2) is 60.9 Å². The second kappa shape index (κ2) is 33.7. The molecule has 0 saturated heterocycles. The summed E-state index contributed by atoms with van der Waals surface area (Å²) in [5, 5.41) is 9.45. The first-order valence-electron chi connectivity index (χ1n) is 18.8. The molecular weight excluding hydrogens is 538 g/mol. The van der Waals surface area contributed by atoms with E-state index in [9.17, 15) is 14.7 Å². The highest BCUT2D eigenvalue weighted by atomic mass is 16.5. The molecule has 0 rings (SSSR count). The number of carbonyl (C=O) groups is 2. The zero-order valence-electron chi connectivity index (χ0n) is 29.0. The molecule has 1 unspecified atom stereocenters. The molecule has 0 spiro atoms. The molecule has 0 aromatic rings. The molecule has 0 fully saturated rings. The van der Waals surface area contributed by atoms with Gasteiger partial charge in [0.25, 0.3) is 0 Å². The van der Waals surface area contributed by atoms with Crippen molar-refractivity contribution in [2.24, 2.45) is 0 Å². The van der Waals surface area contributed by atoms with Gasteiger partial charge in [0.05, 0.1) is 13.2 Å². The van der Waals surface area contributed by atoms with Crippen LogP contribution in [0.3, 0.4) is 0 Å². The van der Waals surface area contributed by atoms with E-state index in [2.05, 4.69) is 25.7 Å². The summed E-state index contributed by atoms with van der Waals surface area (Å²) >= 11 is 0. The first-order chi connectivity index (χ1) is 21.1. The van der Waals surface area contributed by atoms with Crippen molar-refractivity contribution in [3.8, 4) is 0 Å². The number of unbranched alkanes of at least 4 members (excludes halogenated alkanes) is 17. The minimum Gasteiger partial charge on any atom is -0.466 e. The monoisotopic (exact) mass is 612 g/mol. The zero-order valence-corrected chi connectivity index (χ0v) is 29.0. The average molecular weight is 612 g/mol. The molecule has 1 N–H and O–H groups in total. The summed E-state index contributed by atoms with van der Waals surface area (Å²) in [6.45, 7) is 10.1. The van der Waals surface area contributed by atoms with E-state index in [4.69, 9.17) is 9.47 Å². The third-order valence-electron chi connectivity index (χ3n) is 8.45. The third-order valence-corrected chi connectivity index (χ3v) is 8.45. The highest BCUT2D eigenvalue weighted by Crippen LogP contribution is 2.18. The van der Waals surface area contributed by atoms with E-state index in [0.29, 0.717) is 26.0 Å². The second-order valence-electron chi connectivity index (χ2n) is 12.7. The largest absolute Gasteiger partial charge is 0.466 e. The summed E-state index contributed by atoms with van der Waals surface area (Å²) in [5.41, 5.74) is 0. The first kappa shape index (κ1) is 41.9. The minimum absolute atomic E-state index is 0.00316. The molecule has 0 heterocycles. The van der Waals surface area contributed by atoms with Gasteiger partial charge in [-0.25, -0.2) is 0 Å². The number of carbonyl (C=O) groups excluding carboxylic acids is 2. The summed E-state index contributed by atoms with van der Waals surface area (Å²) in [6.07, 6.45) is 28.7. The van der Waals surface area contributed by atoms with Gasteiger partial charge in [-0.1, -0.05) is 117 Å². The highest BCUT2D eigenvalue weighted by molar-refractivity contribution is 5.69. The van der Waals surface area contributed by atoms with Crippen LogP contribution < -0.4 is 0 Å². The predicted octanol–water partition coefficient (Wildman–Crippen LogP) is 9.94. The van der Waals surface area contributed by atoms with E-state index < -0.39 is 0 Å². The number of ether oxygens (including phenoxy) is 2. The van der Waals surface area contributed by atoms with E-state index in [1.807, 2.05) is 0 Å². The smallest absolute Gasteiger partial charge is 0.306 e. The molecule has 0 aliphatic carbocycles. The Labute approximate surface area is 267 Å². The quantitative estimate of drug-likeness (QED) is 0.0576. The van der Waals surface area contributed by atoms with E-state index >= 15 is 0 Å². The van der Waals surface area contributed by atoms with Crippen molar-refractivity contribution in [2.45, 2.75) is 194 Å². The lowest BCUT2D eigenvalue weighted by Gasteiger charge is -2.21. The average Bonchev–Trinajstić information content (AvgIpc) is 3.00. The van der Waals surface area contributed by atoms with Crippen LogP contribution in [0.4, 0.5) is 0 Å². The van der Waals surface area contributed by atoms with Gasteiger partial charge in [0.2, 0.25) is 0 Å². The Morgan fingerprint density at radius 2 is 0.977 bits per heavy atom. The lowest BCUT2D eigenvalue weighted by atomic mass is 10.0. The van der Waals surface area contributed by atoms with Crippen molar-refractivity contribution in [3.63, 3.8) is 0 Å². The maximum absolute atomic E-state index is 12.6. The predicted molar refractivity (Wildman–Crippen MR) is 181 cm³/mol. The van der Waals surface area contributed by atoms with E-state index in [1.54, 1.807) is 0 Å². The molecule has 0 bridgehead atoms. The molecule has 43 heavy (non-hydrogen) atoms. The molecule has 6 heteroatoms. The Bertz CT molecular complexity index is 600. The Morgan fingerprint density at radius 3 is 1.53 bits per heavy atom. The van der Waals surface area contributed by atoms with E-state index in [0.717, 1.165) is 96.6 Å². The van der Waals surface area contributed by atoms with Crippen molar-refractivity contribution in [1.82, 2.24) is 4.90 Å². The lowest BCUT2D eigenvalue weighted by molar-refractivity contribution is -0.150. The van der Waals surface area contributed by atoms with Gasteiger partial charge < -0.3 is 19.5 Å². The van der Waals surface area contributed by atoms with Crippen LogP contribution in [0.1, 0.15) is 188 Å². The van der Waals surface area contributed by atoms with Crippen LogP contribution in [0, 0.1) is 0 Å². The van der Waals surface area contributed by atoms with Crippen LogP contribution in [0.5, 0.6) is 0 Å². The fraction of sp³-hybridized carbons (Fsp3) is 0.946. The molecule has 0 aromatic carbocycles. The van der Waals surface area contributed by atoms with E-state index in [1.165, 1.54) is 70.6 Å². The van der Waals surface area contributed by atoms with Crippen LogP contribution in [0.25, 0.3) is 0 Å². The standard InChI is InChI=1S/C37H73NO5/c1-4-7-10-12-15-20-27-35(26-19-14-11-8-5-2)43-37(41)29-21-16-13-17-23-30-38(32-33-39)31-24-18-22-28-36(40)42-34-25-9-6-3/h35,39H,4-34H2,1-3H3. The zero-order chi connectivity index (χ0) is 31.6. The number of aliphatic hydroxyl groups is 1. The van der Waals surface area contributed by atoms with Crippen molar-refractivity contribution in [2.75, 3.05) is 32.8 Å². The van der Waals surface area contributed by atoms with Gasteiger partial charge in [-0.05, 0) is 70.9 Å². The maximum Gasteiger partial charge on any atom is 0.306 e. The molecule has 6 nitrogen and oxygen atoms in total. The fourth-order valence-corrected chi connectivity index (χ4v) is 5.64. The maximum atomic E-state index is 12.6. The molecular formula is C37H73NO5. The molecule has 0 amide bonds. The number of hydrogen-bond donors (Lipinski definition) is 1. The van der Waals surface area contributed by atoms with Gasteiger partial charge in [-0.2, -0.15) is 0 Å².